The first kappa shape index (κ1) is 22.3. The molecule has 168 valence electrons. The predicted octanol–water partition coefficient (Wildman–Crippen LogP) is 3.84. The maximum Gasteiger partial charge on any atom is 0.258 e. The molecule has 2 aromatic carbocycles. The molecule has 6 heteroatoms. The molecule has 1 aliphatic heterocycles. The Morgan fingerprint density at radius 3 is 2.45 bits per heavy atom. The SMILES string of the molecule is C=CCN1CCN(C(=O)c2ccccc2OC)[C@H](Cc2ccc(-c3ccncc3)cc2)C1=O. The van der Waals surface area contributed by atoms with Gasteiger partial charge in [0.05, 0.1) is 12.7 Å². The van der Waals surface area contributed by atoms with Crippen molar-refractivity contribution in [2.45, 2.75) is 12.5 Å². The van der Waals surface area contributed by atoms with Crippen molar-refractivity contribution in [1.82, 2.24) is 14.8 Å². The van der Waals surface area contributed by atoms with Crippen LogP contribution in [0.2, 0.25) is 0 Å². The minimum atomic E-state index is -0.595. The zero-order valence-corrected chi connectivity index (χ0v) is 18.7. The number of benzene rings is 2. The number of nitrogens with zero attached hydrogens (tertiary/aromatic N) is 3. The van der Waals surface area contributed by atoms with Crippen LogP contribution in [0.5, 0.6) is 5.75 Å². The number of pyridine rings is 1. The summed E-state index contributed by atoms with van der Waals surface area (Å²) < 4.78 is 5.39. The van der Waals surface area contributed by atoms with Crippen LogP contribution in [0.1, 0.15) is 15.9 Å². The van der Waals surface area contributed by atoms with Crippen LogP contribution in [0.15, 0.2) is 85.7 Å². The van der Waals surface area contributed by atoms with E-state index in [1.807, 2.05) is 42.5 Å². The minimum Gasteiger partial charge on any atom is -0.496 e. The molecule has 0 unspecified atom stereocenters. The number of rotatable bonds is 7. The van der Waals surface area contributed by atoms with Crippen molar-refractivity contribution < 1.29 is 14.3 Å². The van der Waals surface area contributed by atoms with Crippen LogP contribution >= 0.6 is 0 Å². The summed E-state index contributed by atoms with van der Waals surface area (Å²) >= 11 is 0. The quantitative estimate of drug-likeness (QED) is 0.523. The summed E-state index contributed by atoms with van der Waals surface area (Å²) in [4.78, 5) is 34.3. The normalized spacial score (nSPS) is 15.9. The van der Waals surface area contributed by atoms with Gasteiger partial charge in [-0.25, -0.2) is 0 Å². The number of hydrogen-bond donors (Lipinski definition) is 0. The van der Waals surface area contributed by atoms with Crippen LogP contribution in [0, 0.1) is 0 Å². The molecule has 1 aromatic heterocycles. The summed E-state index contributed by atoms with van der Waals surface area (Å²) in [5.74, 6) is 0.240. The summed E-state index contributed by atoms with van der Waals surface area (Å²) in [5, 5.41) is 0. The number of carbonyl (C=O) groups excluding carboxylic acids is 2. The van der Waals surface area contributed by atoms with E-state index in [1.165, 1.54) is 0 Å². The van der Waals surface area contributed by atoms with Crippen LogP contribution < -0.4 is 4.74 Å². The van der Waals surface area contributed by atoms with Crippen LogP contribution in [0.4, 0.5) is 0 Å². The molecule has 2 heterocycles. The van der Waals surface area contributed by atoms with Crippen LogP contribution in [-0.4, -0.2) is 59.4 Å². The van der Waals surface area contributed by atoms with Gasteiger partial charge in [-0.15, -0.1) is 6.58 Å². The molecular weight excluding hydrogens is 414 g/mol. The van der Waals surface area contributed by atoms with Gasteiger partial charge < -0.3 is 14.5 Å². The molecule has 33 heavy (non-hydrogen) atoms. The maximum atomic E-state index is 13.5. The first-order valence-electron chi connectivity index (χ1n) is 11.0. The average Bonchev–Trinajstić information content (AvgIpc) is 2.87. The van der Waals surface area contributed by atoms with E-state index in [1.54, 1.807) is 53.6 Å². The van der Waals surface area contributed by atoms with E-state index < -0.39 is 6.04 Å². The number of ether oxygens (including phenoxy) is 1. The standard InChI is InChI=1S/C27H27N3O3/c1-3-16-29-17-18-30(26(31)23-6-4-5-7-25(23)33-2)24(27(29)32)19-20-8-10-21(11-9-20)22-12-14-28-15-13-22/h3-15,24H,1,16-19H2,2H3/t24-/m1/s1. The van der Waals surface area contributed by atoms with Gasteiger partial charge in [0.1, 0.15) is 11.8 Å². The van der Waals surface area contributed by atoms with Gasteiger partial charge in [0.2, 0.25) is 5.91 Å². The molecule has 1 fully saturated rings. The van der Waals surface area contributed by atoms with Gasteiger partial charge in [-0.2, -0.15) is 0 Å². The fraction of sp³-hybridized carbons (Fsp3) is 0.222. The van der Waals surface area contributed by atoms with Crippen molar-refractivity contribution in [3.05, 3.63) is 96.8 Å². The number of amides is 2. The van der Waals surface area contributed by atoms with E-state index in [2.05, 4.69) is 11.6 Å². The summed E-state index contributed by atoms with van der Waals surface area (Å²) in [7, 11) is 1.54. The molecule has 1 aliphatic rings. The van der Waals surface area contributed by atoms with Gasteiger partial charge in [0.15, 0.2) is 0 Å². The smallest absolute Gasteiger partial charge is 0.258 e. The van der Waals surface area contributed by atoms with Gasteiger partial charge in [-0.3, -0.25) is 14.6 Å². The summed E-state index contributed by atoms with van der Waals surface area (Å²) in [6, 6.07) is 18.5. The Morgan fingerprint density at radius 2 is 1.76 bits per heavy atom. The Morgan fingerprint density at radius 1 is 1.06 bits per heavy atom. The first-order chi connectivity index (χ1) is 16.1. The van der Waals surface area contributed by atoms with E-state index in [4.69, 9.17) is 4.74 Å². The molecule has 3 aromatic rings. The van der Waals surface area contributed by atoms with Gasteiger partial charge in [-0.05, 0) is 41.0 Å². The maximum absolute atomic E-state index is 13.5. The van der Waals surface area contributed by atoms with Crippen molar-refractivity contribution in [3.8, 4) is 16.9 Å². The second kappa shape index (κ2) is 10.1. The van der Waals surface area contributed by atoms with E-state index in [-0.39, 0.29) is 11.8 Å². The third kappa shape index (κ3) is 4.80. The third-order valence-electron chi connectivity index (χ3n) is 5.93. The topological polar surface area (TPSA) is 62.7 Å². The van der Waals surface area contributed by atoms with Crippen molar-refractivity contribution in [1.29, 1.82) is 0 Å². The Labute approximate surface area is 194 Å². The average molecular weight is 442 g/mol. The monoisotopic (exact) mass is 441 g/mol. The van der Waals surface area contributed by atoms with Gasteiger partial charge >= 0.3 is 0 Å². The lowest BCUT2D eigenvalue weighted by Crippen LogP contribution is -2.59. The fourth-order valence-corrected chi connectivity index (χ4v) is 4.19. The Bertz CT molecular complexity index is 1130. The van der Waals surface area contributed by atoms with Gasteiger partial charge in [0, 0.05) is 38.4 Å². The zero-order chi connectivity index (χ0) is 23.2. The highest BCUT2D eigenvalue weighted by Gasteiger charge is 2.38. The third-order valence-corrected chi connectivity index (χ3v) is 5.93. The van der Waals surface area contributed by atoms with Crippen LogP contribution in [0.3, 0.4) is 0 Å². The molecule has 0 spiro atoms. The van der Waals surface area contributed by atoms with Gasteiger partial charge in [0.25, 0.3) is 5.91 Å². The van der Waals surface area contributed by atoms with E-state index in [0.29, 0.717) is 37.4 Å². The van der Waals surface area contributed by atoms with E-state index in [9.17, 15) is 9.59 Å². The van der Waals surface area contributed by atoms with Gasteiger partial charge in [-0.1, -0.05) is 42.5 Å². The number of carbonyl (C=O) groups is 2. The summed E-state index contributed by atoms with van der Waals surface area (Å²) in [6.07, 6.45) is 5.68. The highest BCUT2D eigenvalue weighted by molar-refractivity contribution is 6.00. The molecule has 0 saturated carbocycles. The fourth-order valence-electron chi connectivity index (χ4n) is 4.19. The number of hydrogen-bond acceptors (Lipinski definition) is 4. The number of aromatic nitrogens is 1. The minimum absolute atomic E-state index is 0.0670. The molecule has 0 bridgehead atoms. The molecule has 2 amide bonds. The largest absolute Gasteiger partial charge is 0.496 e. The number of piperazine rings is 1. The lowest BCUT2D eigenvalue weighted by atomic mass is 9.97. The number of para-hydroxylation sites is 1. The Balaban J connectivity index is 1.61. The molecule has 6 nitrogen and oxygen atoms in total. The van der Waals surface area contributed by atoms with Crippen molar-refractivity contribution in [2.24, 2.45) is 0 Å². The molecule has 1 saturated heterocycles. The number of methoxy groups -OCH3 is 1. The van der Waals surface area contributed by atoms with Crippen LogP contribution in [-0.2, 0) is 11.2 Å². The molecule has 0 N–H and O–H groups in total. The highest BCUT2D eigenvalue weighted by atomic mass is 16.5. The van der Waals surface area contributed by atoms with Crippen molar-refractivity contribution in [2.75, 3.05) is 26.7 Å². The van der Waals surface area contributed by atoms with Crippen molar-refractivity contribution >= 4 is 11.8 Å². The molecule has 0 radical (unpaired) electrons. The zero-order valence-electron chi connectivity index (χ0n) is 18.7. The molecule has 4 rings (SSSR count). The Kier molecular flexibility index (Phi) is 6.83. The second-order valence-corrected chi connectivity index (χ2v) is 7.92. The molecular formula is C27H27N3O3. The molecule has 0 aliphatic carbocycles. The van der Waals surface area contributed by atoms with E-state index in [0.717, 1.165) is 16.7 Å². The molecule has 1 atom stereocenters. The predicted molar refractivity (Wildman–Crippen MR) is 128 cm³/mol. The lowest BCUT2D eigenvalue weighted by Gasteiger charge is -2.40. The Hall–Kier alpha value is -3.93. The second-order valence-electron chi connectivity index (χ2n) is 7.92. The lowest BCUT2D eigenvalue weighted by molar-refractivity contribution is -0.139. The van der Waals surface area contributed by atoms with Crippen molar-refractivity contribution in [3.63, 3.8) is 0 Å². The first-order valence-corrected chi connectivity index (χ1v) is 11.0. The summed E-state index contributed by atoms with van der Waals surface area (Å²) in [6.45, 7) is 5.16. The van der Waals surface area contributed by atoms with Crippen LogP contribution in [0.25, 0.3) is 11.1 Å². The summed E-state index contributed by atoms with van der Waals surface area (Å²) in [5.41, 5.74) is 3.61. The highest BCUT2D eigenvalue weighted by Crippen LogP contribution is 2.25. The van der Waals surface area contributed by atoms with E-state index >= 15 is 0 Å².